The lowest BCUT2D eigenvalue weighted by Gasteiger charge is -2.11. The van der Waals surface area contributed by atoms with E-state index in [4.69, 9.17) is 27.6 Å². The molecule has 0 N–H and O–H groups in total. The van der Waals surface area contributed by atoms with Crippen LogP contribution in [0.15, 0.2) is 65.3 Å². The van der Waals surface area contributed by atoms with Gasteiger partial charge >= 0.3 is 0 Å². The molecule has 1 aromatic heterocycles. The monoisotopic (exact) mass is 370 g/mol. The Morgan fingerprint density at radius 2 is 1.68 bits per heavy atom. The van der Waals surface area contributed by atoms with Crippen LogP contribution in [-0.4, -0.2) is 0 Å². The topological polar surface area (TPSA) is 13.1 Å². The predicted molar refractivity (Wildman–Crippen MR) is 102 cm³/mol. The van der Waals surface area contributed by atoms with Gasteiger partial charge in [-0.25, -0.2) is 4.39 Å². The number of benzene rings is 3. The molecule has 0 aliphatic heterocycles. The van der Waals surface area contributed by atoms with Crippen LogP contribution in [0.1, 0.15) is 5.56 Å². The first kappa shape index (κ1) is 16.2. The first-order chi connectivity index (χ1) is 12.0. The van der Waals surface area contributed by atoms with Gasteiger partial charge in [0.15, 0.2) is 0 Å². The Morgan fingerprint density at radius 1 is 0.880 bits per heavy atom. The lowest BCUT2D eigenvalue weighted by atomic mass is 9.94. The van der Waals surface area contributed by atoms with Gasteiger partial charge in [0.2, 0.25) is 0 Å². The Bertz CT molecular complexity index is 1100. The summed E-state index contributed by atoms with van der Waals surface area (Å²) in [6.07, 6.45) is 1.70. The molecule has 0 fully saturated rings. The largest absolute Gasteiger partial charge is 0.464 e. The van der Waals surface area contributed by atoms with Crippen LogP contribution >= 0.6 is 23.2 Å². The molecule has 1 heterocycles. The number of halogens is 3. The molecule has 25 heavy (non-hydrogen) atoms. The number of furan rings is 1. The highest BCUT2D eigenvalue weighted by Crippen LogP contribution is 2.40. The second-order valence-electron chi connectivity index (χ2n) is 5.92. The fourth-order valence-corrected chi connectivity index (χ4v) is 3.61. The maximum absolute atomic E-state index is 14.3. The highest BCUT2D eigenvalue weighted by Gasteiger charge is 2.16. The van der Waals surface area contributed by atoms with Gasteiger partial charge in [-0.15, -0.1) is 0 Å². The SMILES string of the molecule is Cc1coc2cc(-c3ccccc3F)cc(-c3ccc(Cl)cc3Cl)c12. The molecular weight excluding hydrogens is 358 g/mol. The fourth-order valence-electron chi connectivity index (χ4n) is 3.10. The molecule has 0 bridgehead atoms. The van der Waals surface area contributed by atoms with Crippen LogP contribution in [0.4, 0.5) is 4.39 Å². The second-order valence-corrected chi connectivity index (χ2v) is 6.76. The van der Waals surface area contributed by atoms with E-state index in [2.05, 4.69) is 0 Å². The minimum Gasteiger partial charge on any atom is -0.464 e. The molecule has 4 heteroatoms. The summed E-state index contributed by atoms with van der Waals surface area (Å²) in [4.78, 5) is 0. The van der Waals surface area contributed by atoms with Crippen LogP contribution in [-0.2, 0) is 0 Å². The molecule has 124 valence electrons. The highest BCUT2D eigenvalue weighted by molar-refractivity contribution is 6.36. The normalized spacial score (nSPS) is 11.2. The lowest BCUT2D eigenvalue weighted by molar-refractivity contribution is 0.613. The Kier molecular flexibility index (Phi) is 4.03. The average Bonchev–Trinajstić information content (AvgIpc) is 2.96. The van der Waals surface area contributed by atoms with Gasteiger partial charge in [0.25, 0.3) is 0 Å². The molecule has 0 aliphatic carbocycles. The summed E-state index contributed by atoms with van der Waals surface area (Å²) < 4.78 is 20.0. The second kappa shape index (κ2) is 6.21. The molecule has 0 saturated carbocycles. The average molecular weight is 371 g/mol. The van der Waals surface area contributed by atoms with E-state index in [1.165, 1.54) is 6.07 Å². The van der Waals surface area contributed by atoms with Crippen LogP contribution in [0.3, 0.4) is 0 Å². The number of hydrogen-bond acceptors (Lipinski definition) is 1. The molecule has 0 aliphatic rings. The maximum atomic E-state index is 14.3. The van der Waals surface area contributed by atoms with Crippen LogP contribution in [0.2, 0.25) is 10.0 Å². The van der Waals surface area contributed by atoms with Gasteiger partial charge in [0, 0.05) is 26.6 Å². The molecule has 0 spiro atoms. The van der Waals surface area contributed by atoms with E-state index in [1.807, 2.05) is 31.2 Å². The van der Waals surface area contributed by atoms with Crippen LogP contribution in [0.5, 0.6) is 0 Å². The first-order valence-corrected chi connectivity index (χ1v) is 8.52. The van der Waals surface area contributed by atoms with Crippen molar-refractivity contribution in [2.45, 2.75) is 6.92 Å². The van der Waals surface area contributed by atoms with E-state index >= 15 is 0 Å². The zero-order valence-corrected chi connectivity index (χ0v) is 14.8. The van der Waals surface area contributed by atoms with Crippen molar-refractivity contribution in [1.29, 1.82) is 0 Å². The standard InChI is InChI=1S/C21H13Cl2FO/c1-12-11-25-20-9-13(15-4-2-3-5-19(15)24)8-17(21(12)20)16-7-6-14(22)10-18(16)23/h2-11H,1H3. The van der Waals surface area contributed by atoms with Gasteiger partial charge < -0.3 is 4.42 Å². The number of fused-ring (bicyclic) bond motifs is 1. The predicted octanol–water partition coefficient (Wildman–Crippen LogP) is 7.52. The summed E-state index contributed by atoms with van der Waals surface area (Å²) in [6.45, 7) is 1.97. The van der Waals surface area contributed by atoms with E-state index in [0.717, 1.165) is 27.6 Å². The number of aryl methyl sites for hydroxylation is 1. The molecule has 1 nitrogen and oxygen atoms in total. The third-order valence-corrected chi connectivity index (χ3v) is 4.81. The molecule has 0 radical (unpaired) electrons. The molecule has 0 saturated heterocycles. The summed E-state index contributed by atoms with van der Waals surface area (Å²) >= 11 is 12.5. The first-order valence-electron chi connectivity index (χ1n) is 7.77. The number of hydrogen-bond donors (Lipinski definition) is 0. The van der Waals surface area contributed by atoms with Crippen molar-refractivity contribution in [2.24, 2.45) is 0 Å². The molecular formula is C21H13Cl2FO. The number of rotatable bonds is 2. The van der Waals surface area contributed by atoms with Crippen LogP contribution in [0.25, 0.3) is 33.2 Å². The Labute approximate surface area is 154 Å². The minimum absolute atomic E-state index is 0.279. The molecule has 4 rings (SSSR count). The fraction of sp³-hybridized carbons (Fsp3) is 0.0476. The van der Waals surface area contributed by atoms with Crippen LogP contribution < -0.4 is 0 Å². The van der Waals surface area contributed by atoms with Crippen molar-refractivity contribution in [3.05, 3.63) is 82.3 Å². The summed E-state index contributed by atoms with van der Waals surface area (Å²) in [7, 11) is 0. The minimum atomic E-state index is -0.279. The lowest BCUT2D eigenvalue weighted by Crippen LogP contribution is -1.88. The maximum Gasteiger partial charge on any atom is 0.135 e. The van der Waals surface area contributed by atoms with E-state index < -0.39 is 0 Å². The summed E-state index contributed by atoms with van der Waals surface area (Å²) in [6, 6.07) is 15.8. The van der Waals surface area contributed by atoms with Crippen molar-refractivity contribution in [2.75, 3.05) is 0 Å². The zero-order valence-electron chi connectivity index (χ0n) is 13.3. The third-order valence-electron chi connectivity index (χ3n) is 4.27. The van der Waals surface area contributed by atoms with E-state index in [0.29, 0.717) is 21.2 Å². The highest BCUT2D eigenvalue weighted by atomic mass is 35.5. The van der Waals surface area contributed by atoms with Crippen molar-refractivity contribution in [3.8, 4) is 22.3 Å². The smallest absolute Gasteiger partial charge is 0.135 e. The summed E-state index contributed by atoms with van der Waals surface area (Å²) in [5, 5.41) is 2.07. The van der Waals surface area contributed by atoms with E-state index in [9.17, 15) is 4.39 Å². The van der Waals surface area contributed by atoms with Crippen molar-refractivity contribution >= 4 is 34.2 Å². The third kappa shape index (κ3) is 2.82. The van der Waals surface area contributed by atoms with Gasteiger partial charge in [-0.3, -0.25) is 0 Å². The molecule has 0 amide bonds. The van der Waals surface area contributed by atoms with Crippen LogP contribution in [0, 0.1) is 12.7 Å². The Balaban J connectivity index is 2.05. The van der Waals surface area contributed by atoms with Gasteiger partial charge in [-0.2, -0.15) is 0 Å². The van der Waals surface area contributed by atoms with Gasteiger partial charge in [-0.1, -0.05) is 47.5 Å². The van der Waals surface area contributed by atoms with Crippen molar-refractivity contribution < 1.29 is 8.81 Å². The zero-order chi connectivity index (χ0) is 17.6. The van der Waals surface area contributed by atoms with E-state index in [-0.39, 0.29) is 5.82 Å². The van der Waals surface area contributed by atoms with Crippen molar-refractivity contribution in [3.63, 3.8) is 0 Å². The molecule has 4 aromatic rings. The summed E-state index contributed by atoms with van der Waals surface area (Å²) in [5.74, 6) is -0.279. The van der Waals surface area contributed by atoms with Crippen molar-refractivity contribution in [1.82, 2.24) is 0 Å². The molecule has 3 aromatic carbocycles. The Morgan fingerprint density at radius 3 is 2.44 bits per heavy atom. The van der Waals surface area contributed by atoms with Gasteiger partial charge in [0.05, 0.1) is 6.26 Å². The van der Waals surface area contributed by atoms with Gasteiger partial charge in [-0.05, 0) is 53.9 Å². The molecule has 0 unspecified atom stereocenters. The molecule has 0 atom stereocenters. The Hall–Kier alpha value is -2.29. The quantitative estimate of drug-likeness (QED) is 0.355. The van der Waals surface area contributed by atoms with Gasteiger partial charge in [0.1, 0.15) is 11.4 Å². The van der Waals surface area contributed by atoms with E-state index in [1.54, 1.807) is 30.5 Å². The summed E-state index contributed by atoms with van der Waals surface area (Å²) in [5.41, 5.74) is 4.67.